The molecule has 0 spiro atoms. The maximum Gasteiger partial charge on any atom is 0.314 e. The number of urea groups is 1. The minimum Gasteiger partial charge on any atom is -0.481 e. The molecule has 1 atom stereocenters. The van der Waals surface area contributed by atoms with Crippen LogP contribution in [0.25, 0.3) is 0 Å². The quantitative estimate of drug-likeness (QED) is 0.404. The summed E-state index contributed by atoms with van der Waals surface area (Å²) in [5.41, 5.74) is 0. The van der Waals surface area contributed by atoms with Gasteiger partial charge >= 0.3 is 12.0 Å². The first-order valence-corrected chi connectivity index (χ1v) is 8.03. The first-order valence-electron chi connectivity index (χ1n) is 6.87. The van der Waals surface area contributed by atoms with Crippen LogP contribution in [0.1, 0.15) is 26.7 Å². The molecule has 5 nitrogen and oxygen atoms in total. The molecular weight excluding hydrogens is 276 g/mol. The molecule has 2 amide bonds. The average Bonchev–Trinajstić information content (AvgIpc) is 2.34. The summed E-state index contributed by atoms with van der Waals surface area (Å²) in [5, 5.41) is 14.3. The Balaban J connectivity index is 3.85. The van der Waals surface area contributed by atoms with E-state index in [0.717, 1.165) is 17.9 Å². The first-order chi connectivity index (χ1) is 9.45. The predicted molar refractivity (Wildman–Crippen MR) is 84.1 cm³/mol. The van der Waals surface area contributed by atoms with Crippen LogP contribution in [0.2, 0.25) is 0 Å². The van der Waals surface area contributed by atoms with E-state index in [2.05, 4.69) is 17.2 Å². The highest BCUT2D eigenvalue weighted by molar-refractivity contribution is 7.99. The molecule has 0 aromatic rings. The van der Waals surface area contributed by atoms with Crippen LogP contribution in [-0.2, 0) is 4.79 Å². The predicted octanol–water partition coefficient (Wildman–Crippen LogP) is 2.34. The Morgan fingerprint density at radius 1 is 1.35 bits per heavy atom. The minimum atomic E-state index is -0.821. The van der Waals surface area contributed by atoms with E-state index in [0.29, 0.717) is 19.0 Å². The molecule has 0 aromatic carbocycles. The summed E-state index contributed by atoms with van der Waals surface area (Å²) in [6, 6.07) is -0.233. The van der Waals surface area contributed by atoms with Crippen LogP contribution in [0.3, 0.4) is 0 Å². The van der Waals surface area contributed by atoms with Crippen LogP contribution >= 0.6 is 11.8 Å². The minimum absolute atomic E-state index is 0.0200. The summed E-state index contributed by atoms with van der Waals surface area (Å²) >= 11 is 1.70. The second-order valence-electron chi connectivity index (χ2n) is 5.09. The molecule has 6 heteroatoms. The monoisotopic (exact) mass is 302 g/mol. The standard InChI is InChI=1S/C14H26N2O3S/c1-4-6-20-7-5-15-14(19)16-10-12(8-11(2)3)9-13(17)18/h4,11-12H,1,5-10H2,2-3H3,(H,17,18)(H2,15,16,19)/t12-/m0/s1. The second-order valence-corrected chi connectivity index (χ2v) is 6.24. The lowest BCUT2D eigenvalue weighted by Crippen LogP contribution is -2.39. The van der Waals surface area contributed by atoms with Crippen molar-refractivity contribution in [2.45, 2.75) is 26.7 Å². The molecule has 20 heavy (non-hydrogen) atoms. The van der Waals surface area contributed by atoms with Crippen molar-refractivity contribution in [1.82, 2.24) is 10.6 Å². The molecule has 0 aliphatic rings. The van der Waals surface area contributed by atoms with E-state index in [4.69, 9.17) is 5.11 Å². The highest BCUT2D eigenvalue weighted by Crippen LogP contribution is 2.14. The van der Waals surface area contributed by atoms with Gasteiger partial charge in [-0.15, -0.1) is 6.58 Å². The molecule has 0 saturated carbocycles. The Morgan fingerprint density at radius 2 is 2.05 bits per heavy atom. The summed E-state index contributed by atoms with van der Waals surface area (Å²) < 4.78 is 0. The van der Waals surface area contributed by atoms with Crippen molar-refractivity contribution >= 4 is 23.8 Å². The van der Waals surface area contributed by atoms with Crippen molar-refractivity contribution in [2.24, 2.45) is 11.8 Å². The number of thioether (sulfide) groups is 1. The van der Waals surface area contributed by atoms with Gasteiger partial charge < -0.3 is 15.7 Å². The molecular formula is C14H26N2O3S. The van der Waals surface area contributed by atoms with Crippen molar-refractivity contribution in [3.63, 3.8) is 0 Å². The molecule has 0 heterocycles. The second kappa shape index (κ2) is 11.6. The van der Waals surface area contributed by atoms with Crippen molar-refractivity contribution in [1.29, 1.82) is 0 Å². The van der Waals surface area contributed by atoms with Crippen LogP contribution in [-0.4, -0.2) is 41.7 Å². The summed E-state index contributed by atoms with van der Waals surface area (Å²) in [6.07, 6.45) is 2.71. The zero-order chi connectivity index (χ0) is 15.4. The van der Waals surface area contributed by atoms with Crippen LogP contribution < -0.4 is 10.6 Å². The maximum absolute atomic E-state index is 11.6. The van der Waals surface area contributed by atoms with Crippen molar-refractivity contribution in [3.05, 3.63) is 12.7 Å². The molecule has 0 aromatic heterocycles. The molecule has 0 bridgehead atoms. The van der Waals surface area contributed by atoms with E-state index in [1.54, 1.807) is 11.8 Å². The first kappa shape index (κ1) is 18.8. The van der Waals surface area contributed by atoms with Crippen LogP contribution in [0.15, 0.2) is 12.7 Å². The topological polar surface area (TPSA) is 78.4 Å². The van der Waals surface area contributed by atoms with Gasteiger partial charge in [0.15, 0.2) is 0 Å². The summed E-state index contributed by atoms with van der Waals surface area (Å²) in [6.45, 7) is 8.71. The van der Waals surface area contributed by atoms with Crippen molar-refractivity contribution in [3.8, 4) is 0 Å². The lowest BCUT2D eigenvalue weighted by molar-refractivity contribution is -0.138. The highest BCUT2D eigenvalue weighted by atomic mass is 32.2. The number of rotatable bonds is 11. The van der Waals surface area contributed by atoms with E-state index in [1.807, 2.05) is 19.9 Å². The van der Waals surface area contributed by atoms with Gasteiger partial charge in [-0.2, -0.15) is 11.8 Å². The number of aliphatic carboxylic acids is 1. The van der Waals surface area contributed by atoms with Gasteiger partial charge in [-0.25, -0.2) is 4.79 Å². The van der Waals surface area contributed by atoms with Crippen molar-refractivity contribution in [2.75, 3.05) is 24.6 Å². The van der Waals surface area contributed by atoms with Gasteiger partial charge in [0.1, 0.15) is 0 Å². The van der Waals surface area contributed by atoms with Gasteiger partial charge in [-0.3, -0.25) is 4.79 Å². The zero-order valence-corrected chi connectivity index (χ0v) is 13.2. The molecule has 0 saturated heterocycles. The van der Waals surface area contributed by atoms with Crippen LogP contribution in [0.5, 0.6) is 0 Å². The summed E-state index contributed by atoms with van der Waals surface area (Å²) in [5.74, 6) is 1.29. The Kier molecular flexibility index (Phi) is 11.0. The number of carboxylic acid groups (broad SMARTS) is 1. The average molecular weight is 302 g/mol. The number of nitrogens with one attached hydrogen (secondary N) is 2. The molecule has 0 fully saturated rings. The number of carbonyl (C=O) groups excluding carboxylic acids is 1. The molecule has 0 aliphatic carbocycles. The fraction of sp³-hybridized carbons (Fsp3) is 0.714. The largest absolute Gasteiger partial charge is 0.481 e. The molecule has 0 radical (unpaired) electrons. The summed E-state index contributed by atoms with van der Waals surface area (Å²) in [7, 11) is 0. The normalized spacial score (nSPS) is 11.9. The van der Waals surface area contributed by atoms with E-state index in [1.165, 1.54) is 0 Å². The third kappa shape index (κ3) is 11.9. The highest BCUT2D eigenvalue weighted by Gasteiger charge is 2.15. The Bertz CT molecular complexity index is 309. The molecule has 116 valence electrons. The van der Waals surface area contributed by atoms with Gasteiger partial charge in [-0.1, -0.05) is 19.9 Å². The zero-order valence-electron chi connectivity index (χ0n) is 12.4. The number of hydrogen-bond donors (Lipinski definition) is 3. The maximum atomic E-state index is 11.6. The Labute approximate surface area is 125 Å². The number of amides is 2. The Hall–Kier alpha value is -1.17. The van der Waals surface area contributed by atoms with E-state index in [-0.39, 0.29) is 18.4 Å². The molecule has 0 aliphatic heterocycles. The van der Waals surface area contributed by atoms with Gasteiger partial charge in [0.25, 0.3) is 0 Å². The van der Waals surface area contributed by atoms with Gasteiger partial charge in [0.2, 0.25) is 0 Å². The van der Waals surface area contributed by atoms with Gasteiger partial charge in [0.05, 0.1) is 0 Å². The third-order valence-corrected chi connectivity index (χ3v) is 3.55. The number of carbonyl (C=O) groups is 2. The fourth-order valence-electron chi connectivity index (χ4n) is 1.86. The van der Waals surface area contributed by atoms with Crippen LogP contribution in [0, 0.1) is 11.8 Å². The van der Waals surface area contributed by atoms with Gasteiger partial charge in [0, 0.05) is 31.0 Å². The van der Waals surface area contributed by atoms with E-state index >= 15 is 0 Å². The van der Waals surface area contributed by atoms with E-state index < -0.39 is 5.97 Å². The summed E-state index contributed by atoms with van der Waals surface area (Å²) in [4.78, 5) is 22.3. The lowest BCUT2D eigenvalue weighted by atomic mass is 9.94. The van der Waals surface area contributed by atoms with E-state index in [9.17, 15) is 9.59 Å². The molecule has 3 N–H and O–H groups in total. The van der Waals surface area contributed by atoms with Crippen LogP contribution in [0.4, 0.5) is 4.79 Å². The SMILES string of the molecule is C=CCSCCNC(=O)NC[C@H](CC(=O)O)CC(C)C. The molecule has 0 rings (SSSR count). The fourth-order valence-corrected chi connectivity index (χ4v) is 2.44. The Morgan fingerprint density at radius 3 is 2.60 bits per heavy atom. The smallest absolute Gasteiger partial charge is 0.314 e. The number of hydrogen-bond acceptors (Lipinski definition) is 3. The number of carboxylic acids is 1. The third-order valence-electron chi connectivity index (χ3n) is 2.59. The van der Waals surface area contributed by atoms with Crippen molar-refractivity contribution < 1.29 is 14.7 Å². The van der Waals surface area contributed by atoms with Gasteiger partial charge in [-0.05, 0) is 18.3 Å². The molecule has 0 unspecified atom stereocenters. The lowest BCUT2D eigenvalue weighted by Gasteiger charge is -2.18.